The summed E-state index contributed by atoms with van der Waals surface area (Å²) in [5.41, 5.74) is 3.27. The van der Waals surface area contributed by atoms with Crippen molar-refractivity contribution in [3.63, 3.8) is 0 Å². The van der Waals surface area contributed by atoms with Gasteiger partial charge in [-0.2, -0.15) is 0 Å². The van der Waals surface area contributed by atoms with Crippen LogP contribution in [0.5, 0.6) is 0 Å². The van der Waals surface area contributed by atoms with Crippen LogP contribution in [-0.4, -0.2) is 36.0 Å². The first-order valence-electron chi connectivity index (χ1n) is 11.5. The van der Waals surface area contributed by atoms with Crippen LogP contribution in [0.4, 0.5) is 0 Å². The Kier molecular flexibility index (Phi) is 3.66. The van der Waals surface area contributed by atoms with Gasteiger partial charge in [0.2, 0.25) is 5.91 Å². The second-order valence-electron chi connectivity index (χ2n) is 9.28. The summed E-state index contributed by atoms with van der Waals surface area (Å²) in [6.07, 6.45) is -0.480. The number of amides is 1. The van der Waals surface area contributed by atoms with Gasteiger partial charge in [-0.3, -0.25) is 9.59 Å². The van der Waals surface area contributed by atoms with Crippen molar-refractivity contribution >= 4 is 11.9 Å². The molecule has 2 aliphatic heterocycles. The first kappa shape index (κ1) is 19.1. The fourth-order valence-electron chi connectivity index (χ4n) is 7.15. The summed E-state index contributed by atoms with van der Waals surface area (Å²) >= 11 is 0. The topological polar surface area (TPSA) is 55.8 Å². The van der Waals surface area contributed by atoms with Crippen LogP contribution < -0.4 is 0 Å². The van der Waals surface area contributed by atoms with Crippen molar-refractivity contribution in [3.8, 4) is 11.1 Å². The molecule has 3 aromatic rings. The van der Waals surface area contributed by atoms with Crippen LogP contribution in [0.1, 0.15) is 29.8 Å². The number of carbonyl (C=O) groups excluding carboxylic acids is 2. The zero-order valence-corrected chi connectivity index (χ0v) is 18.2. The zero-order chi connectivity index (χ0) is 22.4. The average Bonchev–Trinajstić information content (AvgIpc) is 3.06. The third kappa shape index (κ3) is 1.95. The second-order valence-corrected chi connectivity index (χ2v) is 9.28. The maximum atomic E-state index is 14.4. The van der Waals surface area contributed by atoms with Crippen LogP contribution >= 0.6 is 0 Å². The molecule has 0 radical (unpaired) electrons. The smallest absolute Gasteiger partial charge is 0.323 e. The highest BCUT2D eigenvalue weighted by molar-refractivity contribution is 6.15. The lowest BCUT2D eigenvalue weighted by Gasteiger charge is -2.32. The number of benzene rings is 3. The quantitative estimate of drug-likeness (QED) is 0.458. The number of ether oxygens (including phenoxy) is 2. The Bertz CT molecular complexity index is 1270. The summed E-state index contributed by atoms with van der Waals surface area (Å²) < 4.78 is 11.8. The molecule has 3 aromatic carbocycles. The molecule has 2 saturated heterocycles. The van der Waals surface area contributed by atoms with Crippen LogP contribution in [0.2, 0.25) is 0 Å². The Labute approximate surface area is 191 Å². The Morgan fingerprint density at radius 1 is 0.970 bits per heavy atom. The van der Waals surface area contributed by atoms with Gasteiger partial charge in [-0.05, 0) is 29.2 Å². The number of carbonyl (C=O) groups is 2. The number of piperidine rings is 1. The van der Waals surface area contributed by atoms with Crippen molar-refractivity contribution in [1.82, 2.24) is 4.90 Å². The highest BCUT2D eigenvalue weighted by atomic mass is 16.5. The van der Waals surface area contributed by atoms with E-state index in [2.05, 4.69) is 24.3 Å². The van der Waals surface area contributed by atoms with Crippen LogP contribution in [0, 0.1) is 11.3 Å². The van der Waals surface area contributed by atoms with E-state index in [1.54, 1.807) is 6.92 Å². The van der Waals surface area contributed by atoms with E-state index in [1.807, 2.05) is 59.5 Å². The normalized spacial score (nSPS) is 29.4. The van der Waals surface area contributed by atoms with Crippen molar-refractivity contribution in [3.05, 3.63) is 95.6 Å². The standard InChI is InChI=1S/C28H23NO4/c1-2-32-26(31)28-23(22-16-33-24(29(22)25(28)30)17-10-4-3-5-11-17)27(28)20-14-8-6-12-18(20)19-13-7-9-15-21(19)27/h3-15,22-24H,2,16H2,1H3/t22-,23+,24-,28-/m1/s1. The van der Waals surface area contributed by atoms with Gasteiger partial charge >= 0.3 is 5.97 Å². The van der Waals surface area contributed by atoms with Gasteiger partial charge in [0.1, 0.15) is 0 Å². The fourth-order valence-corrected chi connectivity index (χ4v) is 7.15. The molecule has 7 rings (SSSR count). The molecule has 1 saturated carbocycles. The maximum Gasteiger partial charge on any atom is 0.323 e. The van der Waals surface area contributed by atoms with Crippen molar-refractivity contribution in [2.45, 2.75) is 24.6 Å². The predicted octanol–water partition coefficient (Wildman–Crippen LogP) is 4.07. The molecule has 4 aliphatic rings. The summed E-state index contributed by atoms with van der Waals surface area (Å²) in [5.74, 6) is -0.809. The van der Waals surface area contributed by atoms with Crippen LogP contribution in [0.25, 0.3) is 11.1 Å². The minimum atomic E-state index is -1.26. The van der Waals surface area contributed by atoms with Gasteiger partial charge in [-0.15, -0.1) is 0 Å². The van der Waals surface area contributed by atoms with E-state index in [0.29, 0.717) is 6.61 Å². The molecular formula is C28H23NO4. The third-order valence-electron chi connectivity index (χ3n) is 8.14. The number of rotatable bonds is 3. The Hall–Kier alpha value is -3.44. The van der Waals surface area contributed by atoms with Crippen molar-refractivity contribution in [2.75, 3.05) is 13.2 Å². The zero-order valence-electron chi connectivity index (χ0n) is 18.2. The van der Waals surface area contributed by atoms with E-state index in [1.165, 1.54) is 0 Å². The Balaban J connectivity index is 1.45. The monoisotopic (exact) mass is 437 g/mol. The van der Waals surface area contributed by atoms with Crippen molar-refractivity contribution < 1.29 is 19.1 Å². The van der Waals surface area contributed by atoms with Gasteiger partial charge in [-0.1, -0.05) is 78.9 Å². The lowest BCUT2D eigenvalue weighted by molar-refractivity contribution is -0.159. The van der Waals surface area contributed by atoms with Gasteiger partial charge in [0.05, 0.1) is 24.7 Å². The van der Waals surface area contributed by atoms with Gasteiger partial charge in [-0.25, -0.2) is 0 Å². The van der Waals surface area contributed by atoms with Gasteiger partial charge in [0.25, 0.3) is 0 Å². The highest BCUT2D eigenvalue weighted by Crippen LogP contribution is 2.83. The largest absolute Gasteiger partial charge is 0.465 e. The van der Waals surface area contributed by atoms with E-state index >= 15 is 0 Å². The molecule has 0 aromatic heterocycles. The number of nitrogens with zero attached hydrogens (tertiary/aromatic N) is 1. The summed E-state index contributed by atoms with van der Waals surface area (Å²) in [6.45, 7) is 2.44. The molecular weight excluding hydrogens is 414 g/mol. The molecule has 2 aliphatic carbocycles. The Morgan fingerprint density at radius 2 is 1.58 bits per heavy atom. The highest BCUT2D eigenvalue weighted by Gasteiger charge is 2.94. The van der Waals surface area contributed by atoms with E-state index in [4.69, 9.17) is 9.47 Å². The average molecular weight is 437 g/mol. The van der Waals surface area contributed by atoms with Gasteiger partial charge < -0.3 is 14.4 Å². The first-order chi connectivity index (χ1) is 16.2. The molecule has 0 unspecified atom stereocenters. The number of esters is 1. The molecule has 164 valence electrons. The van der Waals surface area contributed by atoms with E-state index in [0.717, 1.165) is 27.8 Å². The minimum absolute atomic E-state index is 0.172. The van der Waals surface area contributed by atoms with Crippen LogP contribution in [0.15, 0.2) is 78.9 Å². The van der Waals surface area contributed by atoms with E-state index in [-0.39, 0.29) is 24.5 Å². The van der Waals surface area contributed by atoms with Crippen molar-refractivity contribution in [1.29, 1.82) is 0 Å². The lowest BCUT2D eigenvalue weighted by Crippen LogP contribution is -2.45. The summed E-state index contributed by atoms with van der Waals surface area (Å²) in [5, 5.41) is 0. The summed E-state index contributed by atoms with van der Waals surface area (Å²) in [6, 6.07) is 26.0. The molecule has 5 nitrogen and oxygen atoms in total. The molecule has 1 spiro atoms. The lowest BCUT2D eigenvalue weighted by atomic mass is 9.81. The van der Waals surface area contributed by atoms with Gasteiger partial charge in [0.15, 0.2) is 11.6 Å². The fraction of sp³-hybridized carbons (Fsp3) is 0.286. The molecule has 5 heteroatoms. The number of fused-ring (bicyclic) bond motifs is 10. The van der Waals surface area contributed by atoms with E-state index < -0.39 is 23.0 Å². The molecule has 2 heterocycles. The minimum Gasteiger partial charge on any atom is -0.465 e. The van der Waals surface area contributed by atoms with Crippen molar-refractivity contribution in [2.24, 2.45) is 11.3 Å². The van der Waals surface area contributed by atoms with Crippen LogP contribution in [-0.2, 0) is 24.5 Å². The number of hydrogen-bond donors (Lipinski definition) is 0. The Morgan fingerprint density at radius 3 is 2.21 bits per heavy atom. The van der Waals surface area contributed by atoms with E-state index in [9.17, 15) is 9.59 Å². The predicted molar refractivity (Wildman–Crippen MR) is 121 cm³/mol. The third-order valence-corrected chi connectivity index (χ3v) is 8.14. The molecule has 0 N–H and O–H groups in total. The van der Waals surface area contributed by atoms with Gasteiger partial charge in [0, 0.05) is 11.5 Å². The first-order valence-corrected chi connectivity index (χ1v) is 11.5. The van der Waals surface area contributed by atoms with Crippen LogP contribution in [0.3, 0.4) is 0 Å². The molecule has 4 atom stereocenters. The molecule has 1 amide bonds. The molecule has 33 heavy (non-hydrogen) atoms. The SMILES string of the molecule is CCOC(=O)[C@]12C(=O)N3[C@@H](c4ccccc4)OC[C@@H]3[C@H]1C21c2ccccc2-c2ccccc21. The number of hydrogen-bond acceptors (Lipinski definition) is 4. The maximum absolute atomic E-state index is 14.4. The summed E-state index contributed by atoms with van der Waals surface area (Å²) in [7, 11) is 0. The molecule has 0 bridgehead atoms. The summed E-state index contributed by atoms with van der Waals surface area (Å²) in [4.78, 5) is 30.0. The second kappa shape index (κ2) is 6.33. The molecule has 3 fully saturated rings.